The molecule has 1 amide bonds. The molecule has 1 fully saturated rings. The highest BCUT2D eigenvalue weighted by atomic mass is 16.5. The number of nitrogens with one attached hydrogen (secondary N) is 2. The van der Waals surface area contributed by atoms with Crippen LogP contribution in [0.3, 0.4) is 0 Å². The van der Waals surface area contributed by atoms with Crippen molar-refractivity contribution in [1.29, 1.82) is 0 Å². The maximum atomic E-state index is 12.5. The largest absolute Gasteiger partial charge is 0.378 e. The Morgan fingerprint density at radius 2 is 1.90 bits per heavy atom. The molecule has 29 heavy (non-hydrogen) atoms. The molecule has 3 aromatic rings. The normalized spacial score (nSPS) is 13.7. The lowest BCUT2D eigenvalue weighted by molar-refractivity contribution is 0.0950. The number of nitrogens with zero attached hydrogens (tertiary/aromatic N) is 3. The first-order chi connectivity index (χ1) is 14.3. The van der Waals surface area contributed by atoms with Gasteiger partial charge in [0.25, 0.3) is 5.91 Å². The first-order valence-electron chi connectivity index (χ1n) is 9.60. The molecule has 1 aromatic carbocycles. The second kappa shape index (κ2) is 9.16. The van der Waals surface area contributed by atoms with E-state index in [4.69, 9.17) is 4.74 Å². The molecule has 0 bridgehead atoms. The summed E-state index contributed by atoms with van der Waals surface area (Å²) in [6, 6.07) is 13.7. The third kappa shape index (κ3) is 4.89. The Bertz CT molecular complexity index is 958. The van der Waals surface area contributed by atoms with E-state index >= 15 is 0 Å². The van der Waals surface area contributed by atoms with Gasteiger partial charge in [0.15, 0.2) is 0 Å². The van der Waals surface area contributed by atoms with Crippen LogP contribution in [0.5, 0.6) is 0 Å². The fourth-order valence-electron chi connectivity index (χ4n) is 3.23. The highest BCUT2D eigenvalue weighted by molar-refractivity contribution is 5.95. The van der Waals surface area contributed by atoms with Gasteiger partial charge in [0.05, 0.1) is 42.0 Å². The minimum Gasteiger partial charge on any atom is -0.378 e. The number of hydrogen-bond donors (Lipinski definition) is 2. The van der Waals surface area contributed by atoms with Crippen LogP contribution in [-0.2, 0) is 11.3 Å². The van der Waals surface area contributed by atoms with E-state index < -0.39 is 0 Å². The maximum Gasteiger partial charge on any atom is 0.253 e. The van der Waals surface area contributed by atoms with Gasteiger partial charge in [-0.05, 0) is 29.8 Å². The van der Waals surface area contributed by atoms with E-state index in [0.717, 1.165) is 48.9 Å². The van der Waals surface area contributed by atoms with E-state index in [0.29, 0.717) is 12.1 Å². The molecule has 0 aliphatic carbocycles. The number of hydrogen-bond acceptors (Lipinski definition) is 6. The predicted octanol–water partition coefficient (Wildman–Crippen LogP) is 2.99. The van der Waals surface area contributed by atoms with Gasteiger partial charge in [0, 0.05) is 38.2 Å². The van der Waals surface area contributed by atoms with Crippen LogP contribution in [0.4, 0.5) is 17.1 Å². The van der Waals surface area contributed by atoms with Crippen molar-refractivity contribution in [1.82, 2.24) is 15.3 Å². The van der Waals surface area contributed by atoms with Gasteiger partial charge in [-0.3, -0.25) is 14.8 Å². The Hall–Kier alpha value is -3.45. The van der Waals surface area contributed by atoms with E-state index in [1.54, 1.807) is 24.8 Å². The zero-order valence-corrected chi connectivity index (χ0v) is 16.0. The summed E-state index contributed by atoms with van der Waals surface area (Å²) < 4.78 is 5.46. The lowest BCUT2D eigenvalue weighted by atomic mass is 10.2. The van der Waals surface area contributed by atoms with Crippen LogP contribution in [-0.4, -0.2) is 42.2 Å². The third-order valence-electron chi connectivity index (χ3n) is 4.71. The van der Waals surface area contributed by atoms with Crippen molar-refractivity contribution in [3.8, 4) is 0 Å². The van der Waals surface area contributed by atoms with Gasteiger partial charge in [-0.15, -0.1) is 0 Å². The Morgan fingerprint density at radius 1 is 1.03 bits per heavy atom. The molecule has 7 heteroatoms. The fourth-order valence-corrected chi connectivity index (χ4v) is 3.23. The lowest BCUT2D eigenvalue weighted by Crippen LogP contribution is -2.36. The zero-order chi connectivity index (χ0) is 19.9. The summed E-state index contributed by atoms with van der Waals surface area (Å²) in [7, 11) is 0. The van der Waals surface area contributed by atoms with Crippen LogP contribution >= 0.6 is 0 Å². The monoisotopic (exact) mass is 389 g/mol. The number of benzene rings is 1. The van der Waals surface area contributed by atoms with E-state index in [1.807, 2.05) is 36.4 Å². The van der Waals surface area contributed by atoms with Crippen molar-refractivity contribution in [2.24, 2.45) is 0 Å². The van der Waals surface area contributed by atoms with E-state index in [1.165, 1.54) is 0 Å². The van der Waals surface area contributed by atoms with Crippen LogP contribution in [0.2, 0.25) is 0 Å². The molecular weight excluding hydrogens is 366 g/mol. The number of ether oxygens (including phenoxy) is 1. The fraction of sp³-hybridized carbons (Fsp3) is 0.227. The Kier molecular flexibility index (Phi) is 5.97. The summed E-state index contributed by atoms with van der Waals surface area (Å²) in [6.45, 7) is 3.58. The summed E-state index contributed by atoms with van der Waals surface area (Å²) >= 11 is 0. The van der Waals surface area contributed by atoms with Crippen molar-refractivity contribution in [2.75, 3.05) is 36.5 Å². The summed E-state index contributed by atoms with van der Waals surface area (Å²) in [4.78, 5) is 23.1. The summed E-state index contributed by atoms with van der Waals surface area (Å²) in [5, 5.41) is 6.30. The van der Waals surface area contributed by atoms with Crippen molar-refractivity contribution < 1.29 is 9.53 Å². The number of amides is 1. The van der Waals surface area contributed by atoms with Crippen LogP contribution in [0.25, 0.3) is 0 Å². The quantitative estimate of drug-likeness (QED) is 0.675. The van der Waals surface area contributed by atoms with Gasteiger partial charge in [0.1, 0.15) is 0 Å². The van der Waals surface area contributed by atoms with Gasteiger partial charge in [-0.2, -0.15) is 0 Å². The Morgan fingerprint density at radius 3 is 2.72 bits per heavy atom. The number of pyridine rings is 2. The smallest absolute Gasteiger partial charge is 0.253 e. The van der Waals surface area contributed by atoms with Crippen molar-refractivity contribution in [2.45, 2.75) is 6.54 Å². The molecule has 0 saturated carbocycles. The van der Waals surface area contributed by atoms with Crippen LogP contribution in [0, 0.1) is 0 Å². The number of carbonyl (C=O) groups excluding carboxylic acids is 1. The van der Waals surface area contributed by atoms with Gasteiger partial charge in [-0.25, -0.2) is 0 Å². The highest BCUT2D eigenvalue weighted by Crippen LogP contribution is 2.29. The Balaban J connectivity index is 1.46. The van der Waals surface area contributed by atoms with Crippen molar-refractivity contribution in [3.63, 3.8) is 0 Å². The molecule has 0 spiro atoms. The number of rotatable bonds is 6. The standard InChI is InChI=1S/C22H23N5O2/c28-22(25-14-17-4-3-7-23-13-17)18-12-19(16-24-15-18)26-20-5-1-2-6-21(20)27-8-10-29-11-9-27/h1-7,12-13,15-16,26H,8-11,14H2,(H,25,28). The maximum absolute atomic E-state index is 12.5. The molecule has 2 aromatic heterocycles. The molecule has 4 rings (SSSR count). The third-order valence-corrected chi connectivity index (χ3v) is 4.71. The predicted molar refractivity (Wildman–Crippen MR) is 112 cm³/mol. The van der Waals surface area contributed by atoms with E-state index in [2.05, 4.69) is 31.6 Å². The van der Waals surface area contributed by atoms with Crippen LogP contribution in [0.1, 0.15) is 15.9 Å². The zero-order valence-electron chi connectivity index (χ0n) is 16.0. The number of para-hydroxylation sites is 2. The second-order valence-corrected chi connectivity index (χ2v) is 6.75. The van der Waals surface area contributed by atoms with Crippen LogP contribution in [0.15, 0.2) is 67.3 Å². The first kappa shape index (κ1) is 18.9. The molecule has 1 aliphatic rings. The van der Waals surface area contributed by atoms with Gasteiger partial charge >= 0.3 is 0 Å². The number of aromatic nitrogens is 2. The molecule has 2 N–H and O–H groups in total. The topological polar surface area (TPSA) is 79.4 Å². The summed E-state index contributed by atoms with van der Waals surface area (Å²) in [6.07, 6.45) is 6.73. The minimum atomic E-state index is -0.175. The summed E-state index contributed by atoms with van der Waals surface area (Å²) in [5.74, 6) is -0.175. The highest BCUT2D eigenvalue weighted by Gasteiger charge is 2.15. The average molecular weight is 389 g/mol. The molecule has 0 radical (unpaired) electrons. The Labute approximate surface area is 169 Å². The molecule has 0 atom stereocenters. The number of anilines is 3. The second-order valence-electron chi connectivity index (χ2n) is 6.75. The molecule has 148 valence electrons. The minimum absolute atomic E-state index is 0.175. The van der Waals surface area contributed by atoms with Gasteiger partial charge in [0.2, 0.25) is 0 Å². The first-order valence-corrected chi connectivity index (χ1v) is 9.60. The SMILES string of the molecule is O=C(NCc1cccnc1)c1cncc(Nc2ccccc2N2CCOCC2)c1. The molecule has 1 aliphatic heterocycles. The van der Waals surface area contributed by atoms with Gasteiger partial charge in [-0.1, -0.05) is 18.2 Å². The molecule has 3 heterocycles. The van der Waals surface area contributed by atoms with E-state index in [-0.39, 0.29) is 5.91 Å². The van der Waals surface area contributed by atoms with Crippen LogP contribution < -0.4 is 15.5 Å². The van der Waals surface area contributed by atoms with E-state index in [9.17, 15) is 4.79 Å². The molecular formula is C22H23N5O2. The lowest BCUT2D eigenvalue weighted by Gasteiger charge is -2.30. The molecule has 0 unspecified atom stereocenters. The number of morpholine rings is 1. The number of carbonyl (C=O) groups is 1. The average Bonchev–Trinajstić information content (AvgIpc) is 2.79. The van der Waals surface area contributed by atoms with Crippen molar-refractivity contribution in [3.05, 3.63) is 78.4 Å². The van der Waals surface area contributed by atoms with Gasteiger partial charge < -0.3 is 20.3 Å². The molecule has 7 nitrogen and oxygen atoms in total. The summed E-state index contributed by atoms with van der Waals surface area (Å²) in [5.41, 5.74) is 4.30. The van der Waals surface area contributed by atoms with Crippen molar-refractivity contribution >= 4 is 23.0 Å². The molecule has 1 saturated heterocycles.